The van der Waals surface area contributed by atoms with Crippen LogP contribution >= 0.6 is 24.0 Å². The average molecular weight is 491 g/mol. The Kier molecular flexibility index (Phi) is 10.6. The normalized spacial score (nSPS) is 11.7. The standard InChI is InChI=1S/C15H24F3N5O2.HI/c1-5-11-10(12(6-2)25-22-11)7-20-14(19-3)21-8-13(24)23(4)9-15(16,17)18;/h5-9H2,1-4H3,(H2,19,20,21);1H. The second-order valence-corrected chi connectivity index (χ2v) is 5.38. The zero-order valence-electron chi connectivity index (χ0n) is 15.2. The molecule has 0 spiro atoms. The van der Waals surface area contributed by atoms with Gasteiger partial charge in [-0.2, -0.15) is 13.2 Å². The molecule has 1 heterocycles. The lowest BCUT2D eigenvalue weighted by Gasteiger charge is -2.20. The Bertz CT molecular complexity index is 583. The average Bonchev–Trinajstić information content (AvgIpc) is 2.95. The van der Waals surface area contributed by atoms with E-state index in [2.05, 4.69) is 20.8 Å². The first-order chi connectivity index (χ1) is 11.7. The molecule has 0 aliphatic heterocycles. The third kappa shape index (κ3) is 7.79. The quantitative estimate of drug-likeness (QED) is 0.347. The van der Waals surface area contributed by atoms with E-state index in [0.29, 0.717) is 30.2 Å². The number of nitrogens with zero attached hydrogens (tertiary/aromatic N) is 3. The van der Waals surface area contributed by atoms with Crippen molar-refractivity contribution in [1.29, 1.82) is 0 Å². The number of aromatic nitrogens is 1. The monoisotopic (exact) mass is 491 g/mol. The highest BCUT2D eigenvalue weighted by molar-refractivity contribution is 14.0. The highest BCUT2D eigenvalue weighted by Gasteiger charge is 2.31. The summed E-state index contributed by atoms with van der Waals surface area (Å²) in [6, 6.07) is 0. The van der Waals surface area contributed by atoms with Crippen LogP contribution in [0.3, 0.4) is 0 Å². The van der Waals surface area contributed by atoms with Crippen LogP contribution in [0.4, 0.5) is 13.2 Å². The van der Waals surface area contributed by atoms with Crippen molar-refractivity contribution in [2.75, 3.05) is 27.2 Å². The molecular weight excluding hydrogens is 466 g/mol. The minimum absolute atomic E-state index is 0. The molecule has 1 aromatic rings. The molecule has 1 aromatic heterocycles. The van der Waals surface area contributed by atoms with Gasteiger partial charge in [-0.05, 0) is 6.42 Å². The van der Waals surface area contributed by atoms with Crippen LogP contribution in [0.15, 0.2) is 9.52 Å². The molecular formula is C15H25F3IN5O2. The summed E-state index contributed by atoms with van der Waals surface area (Å²) in [7, 11) is 2.61. The van der Waals surface area contributed by atoms with Gasteiger partial charge in [0.2, 0.25) is 5.91 Å². The number of rotatable bonds is 7. The van der Waals surface area contributed by atoms with E-state index in [4.69, 9.17) is 4.52 Å². The number of carbonyl (C=O) groups excluding carboxylic acids is 1. The second-order valence-electron chi connectivity index (χ2n) is 5.38. The van der Waals surface area contributed by atoms with Gasteiger partial charge in [-0.15, -0.1) is 24.0 Å². The Labute approximate surface area is 167 Å². The van der Waals surface area contributed by atoms with Crippen LogP contribution in [0, 0.1) is 0 Å². The maximum absolute atomic E-state index is 12.3. The first kappa shape index (κ1) is 24.5. The number of guanidine groups is 1. The van der Waals surface area contributed by atoms with Crippen LogP contribution in [0.25, 0.3) is 0 Å². The molecule has 0 aromatic carbocycles. The summed E-state index contributed by atoms with van der Waals surface area (Å²) in [4.78, 5) is 16.3. The predicted octanol–water partition coefficient (Wildman–Crippen LogP) is 2.10. The van der Waals surface area contributed by atoms with E-state index >= 15 is 0 Å². The van der Waals surface area contributed by atoms with E-state index in [9.17, 15) is 18.0 Å². The van der Waals surface area contributed by atoms with Crippen LogP contribution in [0.1, 0.15) is 30.9 Å². The molecule has 1 amide bonds. The van der Waals surface area contributed by atoms with E-state index in [1.165, 1.54) is 7.05 Å². The fraction of sp³-hybridized carbons (Fsp3) is 0.667. The van der Waals surface area contributed by atoms with Crippen molar-refractivity contribution < 1.29 is 22.5 Å². The van der Waals surface area contributed by atoms with Gasteiger partial charge in [0.05, 0.1) is 12.2 Å². The molecule has 0 aliphatic carbocycles. The molecule has 0 aliphatic rings. The summed E-state index contributed by atoms with van der Waals surface area (Å²) in [5.74, 6) is 0.383. The molecule has 150 valence electrons. The summed E-state index contributed by atoms with van der Waals surface area (Å²) in [6.45, 7) is 2.72. The molecule has 7 nitrogen and oxygen atoms in total. The van der Waals surface area contributed by atoms with Crippen LogP contribution in [0.5, 0.6) is 0 Å². The molecule has 2 N–H and O–H groups in total. The third-order valence-corrected chi connectivity index (χ3v) is 3.51. The first-order valence-electron chi connectivity index (χ1n) is 7.93. The number of aryl methyl sites for hydroxylation is 2. The van der Waals surface area contributed by atoms with E-state index in [-0.39, 0.29) is 30.5 Å². The van der Waals surface area contributed by atoms with E-state index < -0.39 is 18.6 Å². The Morgan fingerprint density at radius 3 is 2.42 bits per heavy atom. The molecule has 0 saturated carbocycles. The maximum Gasteiger partial charge on any atom is 0.406 e. The van der Waals surface area contributed by atoms with E-state index in [0.717, 1.165) is 24.1 Å². The highest BCUT2D eigenvalue weighted by atomic mass is 127. The number of hydrogen-bond donors (Lipinski definition) is 2. The lowest BCUT2D eigenvalue weighted by Crippen LogP contribution is -2.45. The van der Waals surface area contributed by atoms with Gasteiger partial charge in [0.15, 0.2) is 5.96 Å². The van der Waals surface area contributed by atoms with Gasteiger partial charge >= 0.3 is 6.18 Å². The number of carbonyl (C=O) groups is 1. The molecule has 0 radical (unpaired) electrons. The van der Waals surface area contributed by atoms with Crippen molar-refractivity contribution in [1.82, 2.24) is 20.7 Å². The van der Waals surface area contributed by atoms with Gasteiger partial charge < -0.3 is 20.1 Å². The molecule has 0 bridgehead atoms. The Balaban J connectivity index is 0.00000625. The summed E-state index contributed by atoms with van der Waals surface area (Å²) in [5.41, 5.74) is 1.76. The smallest absolute Gasteiger partial charge is 0.361 e. The largest absolute Gasteiger partial charge is 0.406 e. The summed E-state index contributed by atoms with van der Waals surface area (Å²) < 4.78 is 42.1. The number of halogens is 4. The fourth-order valence-corrected chi connectivity index (χ4v) is 2.18. The van der Waals surface area contributed by atoms with Crippen LogP contribution < -0.4 is 10.6 Å². The highest BCUT2D eigenvalue weighted by Crippen LogP contribution is 2.16. The van der Waals surface area contributed by atoms with Gasteiger partial charge in [-0.25, -0.2) is 0 Å². The van der Waals surface area contributed by atoms with Gasteiger partial charge in [0.1, 0.15) is 12.3 Å². The van der Waals surface area contributed by atoms with Crippen LogP contribution in [0.2, 0.25) is 0 Å². The zero-order valence-corrected chi connectivity index (χ0v) is 17.6. The van der Waals surface area contributed by atoms with Gasteiger partial charge in [0, 0.05) is 32.6 Å². The Morgan fingerprint density at radius 2 is 1.92 bits per heavy atom. The molecule has 0 saturated heterocycles. The number of likely N-dealkylation sites (N-methyl/N-ethyl adjacent to an activating group) is 1. The first-order valence-corrected chi connectivity index (χ1v) is 7.93. The van der Waals surface area contributed by atoms with Crippen LogP contribution in [-0.2, 0) is 24.2 Å². The van der Waals surface area contributed by atoms with Gasteiger partial charge in [-0.1, -0.05) is 19.0 Å². The minimum atomic E-state index is -4.42. The lowest BCUT2D eigenvalue weighted by molar-refractivity contribution is -0.157. The fourth-order valence-electron chi connectivity index (χ4n) is 2.18. The maximum atomic E-state index is 12.3. The topological polar surface area (TPSA) is 82.8 Å². The van der Waals surface area contributed by atoms with E-state index in [1.54, 1.807) is 0 Å². The third-order valence-electron chi connectivity index (χ3n) is 3.51. The van der Waals surface area contributed by atoms with Crippen molar-refractivity contribution in [2.24, 2.45) is 4.99 Å². The summed E-state index contributed by atoms with van der Waals surface area (Å²) >= 11 is 0. The molecule has 0 unspecified atom stereocenters. The molecule has 1 rings (SSSR count). The predicted molar refractivity (Wildman–Crippen MR) is 103 cm³/mol. The van der Waals surface area contributed by atoms with Crippen molar-refractivity contribution in [3.8, 4) is 0 Å². The van der Waals surface area contributed by atoms with Crippen molar-refractivity contribution in [3.05, 3.63) is 17.0 Å². The molecule has 0 atom stereocenters. The SMILES string of the molecule is CCc1noc(CC)c1CNC(=NC)NCC(=O)N(C)CC(F)(F)F.I. The Morgan fingerprint density at radius 1 is 1.27 bits per heavy atom. The minimum Gasteiger partial charge on any atom is -0.361 e. The number of nitrogens with one attached hydrogen (secondary N) is 2. The second kappa shape index (κ2) is 11.2. The van der Waals surface area contributed by atoms with Gasteiger partial charge in [0.25, 0.3) is 0 Å². The number of hydrogen-bond acceptors (Lipinski definition) is 4. The lowest BCUT2D eigenvalue weighted by atomic mass is 10.1. The molecule has 0 fully saturated rings. The van der Waals surface area contributed by atoms with Crippen molar-refractivity contribution in [2.45, 2.75) is 39.4 Å². The molecule has 11 heteroatoms. The van der Waals surface area contributed by atoms with Crippen LogP contribution in [-0.4, -0.2) is 55.3 Å². The summed E-state index contributed by atoms with van der Waals surface area (Å²) in [6.07, 6.45) is -3.02. The number of alkyl halides is 3. The zero-order chi connectivity index (χ0) is 19.0. The van der Waals surface area contributed by atoms with Crippen molar-refractivity contribution >= 4 is 35.8 Å². The van der Waals surface area contributed by atoms with Gasteiger partial charge in [-0.3, -0.25) is 9.79 Å². The number of amides is 1. The van der Waals surface area contributed by atoms with Crippen molar-refractivity contribution in [3.63, 3.8) is 0 Å². The summed E-state index contributed by atoms with van der Waals surface area (Å²) in [5, 5.41) is 9.71. The van der Waals surface area contributed by atoms with E-state index in [1.807, 2.05) is 13.8 Å². The number of aliphatic imine (C=N–C) groups is 1. The Hall–Kier alpha value is -1.53. The molecule has 26 heavy (non-hydrogen) atoms.